The highest BCUT2D eigenvalue weighted by atomic mass is 16.5. The number of pyridine rings is 1. The lowest BCUT2D eigenvalue weighted by atomic mass is 9.97. The van der Waals surface area contributed by atoms with Gasteiger partial charge in [0.25, 0.3) is 0 Å². The van der Waals surface area contributed by atoms with E-state index in [9.17, 15) is 4.79 Å². The molecule has 0 aliphatic carbocycles. The molecule has 1 rings (SSSR count). The highest BCUT2D eigenvalue weighted by molar-refractivity contribution is 5.79. The summed E-state index contributed by atoms with van der Waals surface area (Å²) >= 11 is 0. The minimum Gasteiger partial charge on any atom is -0.468 e. The third-order valence-electron chi connectivity index (χ3n) is 3.42. The minimum absolute atomic E-state index is 0.350. The summed E-state index contributed by atoms with van der Waals surface area (Å²) < 4.78 is 4.69. The number of esters is 1. The molecule has 112 valence electrons. The molecule has 1 unspecified atom stereocenters. The molecule has 0 aromatic carbocycles. The molecule has 1 aromatic heterocycles. The van der Waals surface area contributed by atoms with Gasteiger partial charge in [0, 0.05) is 18.9 Å². The fraction of sp³-hybridized carbons (Fsp3) is 0.600. The second-order valence-electron chi connectivity index (χ2n) is 5.42. The number of hydrogen-bond acceptors (Lipinski definition) is 5. The molecule has 1 atom stereocenters. The molecule has 0 aliphatic heterocycles. The van der Waals surface area contributed by atoms with E-state index in [1.165, 1.54) is 12.7 Å². The third kappa shape index (κ3) is 5.67. The number of methoxy groups -OCH3 is 1. The molecule has 0 aliphatic rings. The molecule has 0 saturated heterocycles. The summed E-state index contributed by atoms with van der Waals surface area (Å²) in [6, 6.07) is 4.06. The van der Waals surface area contributed by atoms with E-state index in [2.05, 4.69) is 16.9 Å². The van der Waals surface area contributed by atoms with Gasteiger partial charge in [0.2, 0.25) is 0 Å². The van der Waals surface area contributed by atoms with Crippen molar-refractivity contribution in [3.8, 4) is 0 Å². The molecule has 0 amide bonds. The summed E-state index contributed by atoms with van der Waals surface area (Å²) in [5.41, 5.74) is 6.32. The highest BCUT2D eigenvalue weighted by Crippen LogP contribution is 2.11. The zero-order valence-electron chi connectivity index (χ0n) is 12.6. The normalized spacial score (nSPS) is 14.1. The van der Waals surface area contributed by atoms with Crippen LogP contribution in [0.2, 0.25) is 0 Å². The van der Waals surface area contributed by atoms with Gasteiger partial charge in [0.15, 0.2) is 0 Å². The predicted octanol–water partition coefficient (Wildman–Crippen LogP) is 1.23. The Balaban J connectivity index is 2.23. The summed E-state index contributed by atoms with van der Waals surface area (Å²) in [4.78, 5) is 17.7. The van der Waals surface area contributed by atoms with E-state index in [1.54, 1.807) is 6.92 Å². The molecule has 0 spiro atoms. The predicted molar refractivity (Wildman–Crippen MR) is 79.3 cm³/mol. The Morgan fingerprint density at radius 3 is 2.65 bits per heavy atom. The summed E-state index contributed by atoms with van der Waals surface area (Å²) in [5, 5.41) is 0. The maximum Gasteiger partial charge on any atom is 0.325 e. The Hall–Kier alpha value is -1.46. The van der Waals surface area contributed by atoms with Crippen LogP contribution in [0.1, 0.15) is 25.3 Å². The Kier molecular flexibility index (Phi) is 6.61. The van der Waals surface area contributed by atoms with Gasteiger partial charge in [-0.3, -0.25) is 9.78 Å². The van der Waals surface area contributed by atoms with Crippen LogP contribution in [-0.2, 0) is 16.0 Å². The third-order valence-corrected chi connectivity index (χ3v) is 3.42. The summed E-state index contributed by atoms with van der Waals surface area (Å²) in [6.07, 6.45) is 6.11. The lowest BCUT2D eigenvalue weighted by Crippen LogP contribution is -2.46. The van der Waals surface area contributed by atoms with Gasteiger partial charge in [-0.1, -0.05) is 0 Å². The average molecular weight is 279 g/mol. The first kappa shape index (κ1) is 16.6. The van der Waals surface area contributed by atoms with Gasteiger partial charge in [-0.15, -0.1) is 0 Å². The monoisotopic (exact) mass is 279 g/mol. The Bertz CT molecular complexity index is 407. The van der Waals surface area contributed by atoms with Crippen LogP contribution in [0.3, 0.4) is 0 Å². The molecular weight excluding hydrogens is 254 g/mol. The molecule has 5 nitrogen and oxygen atoms in total. The smallest absolute Gasteiger partial charge is 0.325 e. The van der Waals surface area contributed by atoms with Crippen molar-refractivity contribution in [1.29, 1.82) is 0 Å². The van der Waals surface area contributed by atoms with Crippen LogP contribution in [0.15, 0.2) is 24.5 Å². The Morgan fingerprint density at radius 2 is 2.05 bits per heavy atom. The van der Waals surface area contributed by atoms with E-state index in [0.29, 0.717) is 6.42 Å². The largest absolute Gasteiger partial charge is 0.468 e. The van der Waals surface area contributed by atoms with Gasteiger partial charge < -0.3 is 15.4 Å². The second kappa shape index (κ2) is 7.97. The van der Waals surface area contributed by atoms with Crippen molar-refractivity contribution < 1.29 is 9.53 Å². The Morgan fingerprint density at radius 1 is 1.40 bits per heavy atom. The molecule has 0 radical (unpaired) electrons. The topological polar surface area (TPSA) is 68.5 Å². The number of likely N-dealkylation sites (N-methyl/N-ethyl adjacent to an activating group) is 1. The van der Waals surface area contributed by atoms with Crippen molar-refractivity contribution in [3.63, 3.8) is 0 Å². The molecule has 1 heterocycles. The number of ether oxygens (including phenoxy) is 1. The standard InChI is InChI=1S/C15H25N3O2/c1-15(16,14(19)20-3)8-4-11-18(2)12-7-13-5-9-17-10-6-13/h5-6,9-10H,4,7-8,11-12,16H2,1-3H3. The lowest BCUT2D eigenvalue weighted by molar-refractivity contribution is -0.146. The van der Waals surface area contributed by atoms with E-state index >= 15 is 0 Å². The number of nitrogens with two attached hydrogens (primary N) is 1. The number of aromatic nitrogens is 1. The van der Waals surface area contributed by atoms with Gasteiger partial charge in [0.1, 0.15) is 5.54 Å². The van der Waals surface area contributed by atoms with Crippen molar-refractivity contribution in [2.45, 2.75) is 31.7 Å². The summed E-state index contributed by atoms with van der Waals surface area (Å²) in [7, 11) is 3.45. The highest BCUT2D eigenvalue weighted by Gasteiger charge is 2.28. The first-order chi connectivity index (χ1) is 9.45. The van der Waals surface area contributed by atoms with Crippen LogP contribution in [0.25, 0.3) is 0 Å². The van der Waals surface area contributed by atoms with Crippen LogP contribution in [0, 0.1) is 0 Å². The number of carbonyl (C=O) groups is 1. The maximum absolute atomic E-state index is 11.5. The molecular formula is C15H25N3O2. The number of rotatable bonds is 8. The molecule has 0 fully saturated rings. The number of nitrogens with zero attached hydrogens (tertiary/aromatic N) is 2. The van der Waals surface area contributed by atoms with Crippen LogP contribution >= 0.6 is 0 Å². The van der Waals surface area contributed by atoms with Crippen LogP contribution < -0.4 is 5.73 Å². The lowest BCUT2D eigenvalue weighted by Gasteiger charge is -2.23. The quantitative estimate of drug-likeness (QED) is 0.725. The van der Waals surface area contributed by atoms with E-state index in [-0.39, 0.29) is 5.97 Å². The van der Waals surface area contributed by atoms with E-state index in [0.717, 1.165) is 25.9 Å². The van der Waals surface area contributed by atoms with Crippen LogP contribution in [-0.4, -0.2) is 48.6 Å². The second-order valence-corrected chi connectivity index (χ2v) is 5.42. The van der Waals surface area contributed by atoms with Crippen LogP contribution in [0.5, 0.6) is 0 Å². The van der Waals surface area contributed by atoms with Gasteiger partial charge >= 0.3 is 5.97 Å². The van der Waals surface area contributed by atoms with Crippen molar-refractivity contribution in [1.82, 2.24) is 9.88 Å². The molecule has 20 heavy (non-hydrogen) atoms. The van der Waals surface area contributed by atoms with Gasteiger partial charge in [0.05, 0.1) is 7.11 Å². The molecule has 2 N–H and O–H groups in total. The number of carbonyl (C=O) groups excluding carboxylic acids is 1. The summed E-state index contributed by atoms with van der Waals surface area (Å²) in [6.45, 7) is 3.61. The fourth-order valence-electron chi connectivity index (χ4n) is 2.03. The Labute approximate surface area is 121 Å². The molecule has 5 heteroatoms. The van der Waals surface area contributed by atoms with Crippen molar-refractivity contribution in [2.24, 2.45) is 5.73 Å². The zero-order chi connectivity index (χ0) is 15.0. The average Bonchev–Trinajstić information content (AvgIpc) is 2.45. The van der Waals surface area contributed by atoms with Gasteiger partial charge in [-0.25, -0.2) is 0 Å². The molecule has 0 saturated carbocycles. The summed E-state index contributed by atoms with van der Waals surface area (Å²) in [5.74, 6) is -0.350. The maximum atomic E-state index is 11.5. The van der Waals surface area contributed by atoms with Gasteiger partial charge in [-0.2, -0.15) is 0 Å². The minimum atomic E-state index is -0.888. The molecule has 0 bridgehead atoms. The zero-order valence-corrected chi connectivity index (χ0v) is 12.6. The van der Waals surface area contributed by atoms with Crippen molar-refractivity contribution in [3.05, 3.63) is 30.1 Å². The first-order valence-corrected chi connectivity index (χ1v) is 6.90. The SMILES string of the molecule is COC(=O)C(C)(N)CCCN(C)CCc1ccncc1. The van der Waals surface area contributed by atoms with Gasteiger partial charge in [-0.05, 0) is 57.5 Å². The fourth-order valence-corrected chi connectivity index (χ4v) is 2.03. The van der Waals surface area contributed by atoms with E-state index in [4.69, 9.17) is 10.5 Å². The van der Waals surface area contributed by atoms with E-state index < -0.39 is 5.54 Å². The molecule has 1 aromatic rings. The number of hydrogen-bond donors (Lipinski definition) is 1. The van der Waals surface area contributed by atoms with Crippen LogP contribution in [0.4, 0.5) is 0 Å². The van der Waals surface area contributed by atoms with Crippen molar-refractivity contribution in [2.75, 3.05) is 27.2 Å². The van der Waals surface area contributed by atoms with Crippen molar-refractivity contribution >= 4 is 5.97 Å². The first-order valence-electron chi connectivity index (χ1n) is 6.90. The van der Waals surface area contributed by atoms with E-state index in [1.807, 2.05) is 24.5 Å².